The molecule has 9 nitrogen and oxygen atoms in total. The number of carbonyl (C=O) groups excluding carboxylic acids is 4. The Hall–Kier alpha value is -4.96. The van der Waals surface area contributed by atoms with Gasteiger partial charge in [0.05, 0.1) is 13.0 Å². The highest BCUT2D eigenvalue weighted by Crippen LogP contribution is 2.30. The molecule has 0 unspecified atom stereocenters. The van der Waals surface area contributed by atoms with Crippen molar-refractivity contribution in [3.05, 3.63) is 101 Å². The lowest BCUT2D eigenvalue weighted by atomic mass is 10.1. The van der Waals surface area contributed by atoms with Crippen molar-refractivity contribution in [1.29, 1.82) is 0 Å². The molecule has 0 bridgehead atoms. The zero-order valence-electron chi connectivity index (χ0n) is 22.0. The van der Waals surface area contributed by atoms with Crippen LogP contribution in [-0.2, 0) is 14.3 Å². The van der Waals surface area contributed by atoms with Crippen LogP contribution in [0.15, 0.2) is 90.3 Å². The first kappa shape index (κ1) is 27.6. The van der Waals surface area contributed by atoms with Crippen molar-refractivity contribution in [3.63, 3.8) is 0 Å². The summed E-state index contributed by atoms with van der Waals surface area (Å²) in [6, 6.07) is 23.5. The van der Waals surface area contributed by atoms with E-state index in [1.165, 1.54) is 40.5 Å². The highest BCUT2D eigenvalue weighted by Gasteiger charge is 2.36. The Kier molecular flexibility index (Phi) is 8.40. The molecule has 1 aromatic heterocycles. The number of methoxy groups -OCH3 is 1. The van der Waals surface area contributed by atoms with Crippen molar-refractivity contribution in [2.24, 2.45) is 5.92 Å². The minimum atomic E-state index is -0.690. The molecule has 41 heavy (non-hydrogen) atoms. The summed E-state index contributed by atoms with van der Waals surface area (Å²) in [6.07, 6.45) is -0.0125. The van der Waals surface area contributed by atoms with Gasteiger partial charge in [0, 0.05) is 24.2 Å². The van der Waals surface area contributed by atoms with Crippen LogP contribution in [0.5, 0.6) is 23.0 Å². The third-order valence-corrected chi connectivity index (χ3v) is 7.21. The second-order valence-corrected chi connectivity index (χ2v) is 10.0. The zero-order chi connectivity index (χ0) is 28.8. The van der Waals surface area contributed by atoms with Crippen molar-refractivity contribution < 1.29 is 38.1 Å². The van der Waals surface area contributed by atoms with Gasteiger partial charge in [-0.2, -0.15) is 0 Å². The molecule has 1 amide bonds. The fourth-order valence-electron chi connectivity index (χ4n) is 4.19. The fraction of sp³-hybridized carbons (Fsp3) is 0.161. The van der Waals surface area contributed by atoms with Crippen LogP contribution in [0, 0.1) is 5.92 Å². The van der Waals surface area contributed by atoms with Crippen molar-refractivity contribution in [2.45, 2.75) is 6.42 Å². The molecule has 0 spiro atoms. The van der Waals surface area contributed by atoms with Crippen LogP contribution in [-0.4, -0.2) is 43.9 Å². The summed E-state index contributed by atoms with van der Waals surface area (Å²) in [5.74, 6) is -0.165. The van der Waals surface area contributed by atoms with E-state index in [0.717, 1.165) is 5.75 Å². The van der Waals surface area contributed by atoms with Gasteiger partial charge in [0.2, 0.25) is 5.91 Å². The number of ketones is 1. The van der Waals surface area contributed by atoms with E-state index in [4.69, 9.17) is 18.9 Å². The molecule has 10 heteroatoms. The first-order valence-electron chi connectivity index (χ1n) is 12.7. The third kappa shape index (κ3) is 6.79. The fourth-order valence-corrected chi connectivity index (χ4v) is 4.79. The van der Waals surface area contributed by atoms with Crippen LogP contribution in [0.1, 0.15) is 26.5 Å². The molecule has 0 saturated carbocycles. The topological polar surface area (TPSA) is 108 Å². The van der Waals surface area contributed by atoms with Crippen LogP contribution in [0.2, 0.25) is 0 Å². The number of benzene rings is 3. The van der Waals surface area contributed by atoms with Gasteiger partial charge in [-0.05, 0) is 84.2 Å². The highest BCUT2D eigenvalue weighted by molar-refractivity contribution is 7.12. The average molecular weight is 572 g/mol. The molecular weight excluding hydrogens is 546 g/mol. The molecule has 2 heterocycles. The summed E-state index contributed by atoms with van der Waals surface area (Å²) in [5.41, 5.74) is 0.929. The van der Waals surface area contributed by atoms with E-state index in [1.807, 2.05) is 0 Å². The molecule has 0 N–H and O–H groups in total. The Morgan fingerprint density at radius 2 is 1.49 bits per heavy atom. The van der Waals surface area contributed by atoms with E-state index in [0.29, 0.717) is 33.4 Å². The van der Waals surface area contributed by atoms with Crippen molar-refractivity contribution in [3.8, 4) is 23.0 Å². The normalized spacial score (nSPS) is 14.4. The molecule has 1 aliphatic rings. The monoisotopic (exact) mass is 571 g/mol. The highest BCUT2D eigenvalue weighted by atomic mass is 32.1. The number of amides is 1. The maximum atomic E-state index is 12.7. The standard InChI is InChI=1S/C31H25NO8S/c1-37-23-12-14-25(15-13-23)39-24-10-6-22(7-11-24)32-18-21(17-29(32)34)30(35)38-19-27(33)20-4-8-26(9-5-20)40-31(36)28-3-2-16-41-28/h2-16,21H,17-19H2,1H3/t21-/m0/s1. The van der Waals surface area contributed by atoms with Gasteiger partial charge in [0.1, 0.15) is 27.9 Å². The summed E-state index contributed by atoms with van der Waals surface area (Å²) in [6.45, 7) is -0.315. The molecule has 1 atom stereocenters. The van der Waals surface area contributed by atoms with Gasteiger partial charge in [0.25, 0.3) is 0 Å². The molecule has 0 aliphatic carbocycles. The van der Waals surface area contributed by atoms with Gasteiger partial charge in [-0.15, -0.1) is 11.3 Å². The number of anilines is 1. The van der Waals surface area contributed by atoms with Crippen LogP contribution in [0.3, 0.4) is 0 Å². The van der Waals surface area contributed by atoms with E-state index in [2.05, 4.69) is 0 Å². The maximum Gasteiger partial charge on any atom is 0.353 e. The lowest BCUT2D eigenvalue weighted by molar-refractivity contribution is -0.147. The predicted octanol–water partition coefficient (Wildman–Crippen LogP) is 5.55. The first-order valence-corrected chi connectivity index (χ1v) is 13.6. The quantitative estimate of drug-likeness (QED) is 0.139. The molecule has 0 radical (unpaired) electrons. The van der Waals surface area contributed by atoms with Crippen molar-refractivity contribution in [1.82, 2.24) is 0 Å². The summed E-state index contributed by atoms with van der Waals surface area (Å²) in [4.78, 5) is 51.9. The maximum absolute atomic E-state index is 12.7. The van der Waals surface area contributed by atoms with Gasteiger partial charge >= 0.3 is 11.9 Å². The Morgan fingerprint density at radius 3 is 2.12 bits per heavy atom. The SMILES string of the molecule is COc1ccc(Oc2ccc(N3C[C@@H](C(=O)OCC(=O)c4ccc(OC(=O)c5cccs5)cc4)CC3=O)cc2)cc1. The van der Waals surface area contributed by atoms with E-state index in [-0.39, 0.29) is 18.9 Å². The molecule has 5 rings (SSSR count). The van der Waals surface area contributed by atoms with Crippen LogP contribution >= 0.6 is 11.3 Å². The molecule has 3 aromatic carbocycles. The average Bonchev–Trinajstić information content (AvgIpc) is 3.68. The van der Waals surface area contributed by atoms with Crippen molar-refractivity contribution in [2.75, 3.05) is 25.2 Å². The number of rotatable bonds is 10. The van der Waals surface area contributed by atoms with Crippen LogP contribution < -0.4 is 19.1 Å². The largest absolute Gasteiger partial charge is 0.497 e. The lowest BCUT2D eigenvalue weighted by Gasteiger charge is -2.17. The van der Waals surface area contributed by atoms with Crippen LogP contribution in [0.25, 0.3) is 0 Å². The second kappa shape index (κ2) is 12.5. The Balaban J connectivity index is 1.10. The summed E-state index contributed by atoms with van der Waals surface area (Å²) < 4.78 is 21.5. The van der Waals surface area contributed by atoms with Crippen molar-refractivity contribution >= 4 is 40.7 Å². The molecule has 1 saturated heterocycles. The van der Waals surface area contributed by atoms with E-state index in [1.54, 1.807) is 73.2 Å². The first-order chi connectivity index (χ1) is 19.9. The molecule has 4 aromatic rings. The second-order valence-electron chi connectivity index (χ2n) is 9.10. The summed E-state index contributed by atoms with van der Waals surface area (Å²) in [5, 5.41) is 1.77. The van der Waals surface area contributed by atoms with Gasteiger partial charge in [-0.1, -0.05) is 6.07 Å². The number of ether oxygens (including phenoxy) is 4. The van der Waals surface area contributed by atoms with Gasteiger partial charge < -0.3 is 23.8 Å². The Bertz CT molecular complexity index is 1530. The minimum absolute atomic E-state index is 0.0125. The number of nitrogens with zero attached hydrogens (tertiary/aromatic N) is 1. The molecule has 208 valence electrons. The van der Waals surface area contributed by atoms with E-state index < -0.39 is 30.2 Å². The number of hydrogen-bond acceptors (Lipinski definition) is 9. The van der Waals surface area contributed by atoms with Gasteiger partial charge in [0.15, 0.2) is 12.4 Å². The van der Waals surface area contributed by atoms with Gasteiger partial charge in [-0.3, -0.25) is 14.4 Å². The smallest absolute Gasteiger partial charge is 0.353 e. The molecule has 1 fully saturated rings. The number of Topliss-reactive ketones (excluding diaryl/α,β-unsaturated/α-hetero) is 1. The number of thiophene rings is 1. The number of carbonyl (C=O) groups is 4. The zero-order valence-corrected chi connectivity index (χ0v) is 22.8. The summed E-state index contributed by atoms with van der Waals surface area (Å²) in [7, 11) is 1.59. The Morgan fingerprint density at radius 1 is 0.854 bits per heavy atom. The van der Waals surface area contributed by atoms with E-state index in [9.17, 15) is 19.2 Å². The third-order valence-electron chi connectivity index (χ3n) is 6.36. The van der Waals surface area contributed by atoms with E-state index >= 15 is 0 Å². The minimum Gasteiger partial charge on any atom is -0.497 e. The molecular formula is C31H25NO8S. The van der Waals surface area contributed by atoms with Crippen LogP contribution in [0.4, 0.5) is 5.69 Å². The lowest BCUT2D eigenvalue weighted by Crippen LogP contribution is -2.27. The van der Waals surface area contributed by atoms with Gasteiger partial charge in [-0.25, -0.2) is 4.79 Å². The number of hydrogen-bond donors (Lipinski definition) is 0. The number of esters is 2. The Labute approximate surface area is 239 Å². The molecule has 1 aliphatic heterocycles. The summed E-state index contributed by atoms with van der Waals surface area (Å²) >= 11 is 1.27. The predicted molar refractivity (Wildman–Crippen MR) is 151 cm³/mol.